The Labute approximate surface area is 148 Å². The summed E-state index contributed by atoms with van der Waals surface area (Å²) >= 11 is 0. The van der Waals surface area contributed by atoms with Gasteiger partial charge < -0.3 is 19.1 Å². The summed E-state index contributed by atoms with van der Waals surface area (Å²) in [6.07, 6.45) is 0. The summed E-state index contributed by atoms with van der Waals surface area (Å²) in [4.78, 5) is 25.9. The molecule has 136 valence electrons. The molecule has 0 spiro atoms. The number of nitrogens with zero attached hydrogens (tertiary/aromatic N) is 5. The van der Waals surface area contributed by atoms with Gasteiger partial charge in [-0.15, -0.1) is 5.10 Å². The lowest BCUT2D eigenvalue weighted by Crippen LogP contribution is -2.38. The highest BCUT2D eigenvalue weighted by molar-refractivity contribution is 6.03. The van der Waals surface area contributed by atoms with Crippen LogP contribution in [0.2, 0.25) is 0 Å². The third-order valence-electron chi connectivity index (χ3n) is 3.84. The minimum absolute atomic E-state index is 0.0423. The molecule has 10 nitrogen and oxygen atoms in total. The van der Waals surface area contributed by atoms with Gasteiger partial charge in [-0.1, -0.05) is 6.07 Å². The number of anilines is 1. The van der Waals surface area contributed by atoms with Crippen molar-refractivity contribution in [3.8, 4) is 5.69 Å². The normalized spacial score (nSPS) is 14.3. The van der Waals surface area contributed by atoms with Gasteiger partial charge in [-0.3, -0.25) is 0 Å². The Bertz CT molecular complexity index is 875. The largest absolute Gasteiger partial charge is 0.466 e. The summed E-state index contributed by atoms with van der Waals surface area (Å²) in [6, 6.07) is 7.15. The molecule has 0 aliphatic carbocycles. The first-order valence-corrected chi connectivity index (χ1v) is 7.67. The second-order valence-corrected chi connectivity index (χ2v) is 5.37. The van der Waals surface area contributed by atoms with Gasteiger partial charge in [-0.05, 0) is 35.5 Å². The van der Waals surface area contributed by atoms with Gasteiger partial charge in [0, 0.05) is 5.69 Å². The fourth-order valence-corrected chi connectivity index (χ4v) is 2.61. The summed E-state index contributed by atoms with van der Waals surface area (Å²) in [6.45, 7) is 1.80. The number of hydrogen-bond acceptors (Lipinski definition) is 9. The van der Waals surface area contributed by atoms with E-state index in [1.165, 1.54) is 14.2 Å². The molecular weight excluding hydrogens is 342 g/mol. The third kappa shape index (κ3) is 3.14. The average Bonchev–Trinajstić information content (AvgIpc) is 3.12. The first-order valence-electron chi connectivity index (χ1n) is 7.67. The van der Waals surface area contributed by atoms with Crippen molar-refractivity contribution < 1.29 is 23.8 Å². The number of esters is 2. The average molecular weight is 359 g/mol. The van der Waals surface area contributed by atoms with Crippen molar-refractivity contribution in [2.45, 2.75) is 6.92 Å². The van der Waals surface area contributed by atoms with Gasteiger partial charge in [0.25, 0.3) is 0 Å². The van der Waals surface area contributed by atoms with Crippen LogP contribution in [-0.4, -0.2) is 59.7 Å². The highest BCUT2D eigenvalue weighted by Gasteiger charge is 2.32. The predicted octanol–water partition coefficient (Wildman–Crippen LogP) is 0.365. The molecular formula is C16H17N5O5. The van der Waals surface area contributed by atoms with Crippen LogP contribution in [0.25, 0.3) is 5.69 Å². The lowest BCUT2D eigenvalue weighted by Gasteiger charge is -2.31. The van der Waals surface area contributed by atoms with E-state index in [9.17, 15) is 9.59 Å². The Morgan fingerprint density at radius 2 is 1.88 bits per heavy atom. The zero-order valence-electron chi connectivity index (χ0n) is 14.5. The zero-order chi connectivity index (χ0) is 18.7. The Morgan fingerprint density at radius 1 is 1.15 bits per heavy atom. The minimum Gasteiger partial charge on any atom is -0.466 e. The summed E-state index contributed by atoms with van der Waals surface area (Å²) in [5.41, 5.74) is 1.48. The number of benzene rings is 1. The molecule has 0 unspecified atom stereocenters. The number of hydrogen-bond donors (Lipinski definition) is 0. The van der Waals surface area contributed by atoms with Gasteiger partial charge >= 0.3 is 11.9 Å². The first-order chi connectivity index (χ1) is 12.6. The maximum atomic E-state index is 12.3. The van der Waals surface area contributed by atoms with Crippen LogP contribution in [0.5, 0.6) is 0 Å². The van der Waals surface area contributed by atoms with Crippen LogP contribution in [0.15, 0.2) is 35.5 Å². The molecule has 2 aromatic rings. The topological polar surface area (TPSA) is 109 Å². The molecule has 2 heterocycles. The van der Waals surface area contributed by atoms with Gasteiger partial charge in [-0.25, -0.2) is 9.59 Å². The van der Waals surface area contributed by atoms with Crippen molar-refractivity contribution in [3.05, 3.63) is 41.4 Å². The van der Waals surface area contributed by atoms with Crippen molar-refractivity contribution in [1.82, 2.24) is 20.2 Å². The summed E-state index contributed by atoms with van der Waals surface area (Å²) in [5.74, 6) is -0.698. The third-order valence-corrected chi connectivity index (χ3v) is 3.84. The van der Waals surface area contributed by atoms with E-state index in [2.05, 4.69) is 15.5 Å². The number of carbonyl (C=O) groups is 2. The lowest BCUT2D eigenvalue weighted by atomic mass is 10.1. The predicted molar refractivity (Wildman–Crippen MR) is 88.2 cm³/mol. The quantitative estimate of drug-likeness (QED) is 0.715. The molecule has 1 aromatic carbocycles. The van der Waals surface area contributed by atoms with Crippen molar-refractivity contribution in [3.63, 3.8) is 0 Å². The van der Waals surface area contributed by atoms with Crippen LogP contribution in [-0.2, 0) is 23.8 Å². The number of tetrazole rings is 1. The maximum absolute atomic E-state index is 12.3. The van der Waals surface area contributed by atoms with Crippen LogP contribution in [0.3, 0.4) is 0 Å². The zero-order valence-corrected chi connectivity index (χ0v) is 14.5. The van der Waals surface area contributed by atoms with Gasteiger partial charge in [0.05, 0.1) is 32.1 Å². The molecule has 1 aliphatic heterocycles. The highest BCUT2D eigenvalue weighted by atomic mass is 16.5. The second kappa shape index (κ2) is 7.31. The van der Waals surface area contributed by atoms with E-state index in [1.54, 1.807) is 34.7 Å². The first kappa shape index (κ1) is 17.5. The molecule has 0 saturated carbocycles. The van der Waals surface area contributed by atoms with E-state index in [0.29, 0.717) is 17.2 Å². The van der Waals surface area contributed by atoms with E-state index in [4.69, 9.17) is 14.2 Å². The van der Waals surface area contributed by atoms with Gasteiger partial charge in [0.1, 0.15) is 12.4 Å². The number of carbonyl (C=O) groups excluding carboxylic acids is 2. The lowest BCUT2D eigenvalue weighted by molar-refractivity contribution is -0.140. The van der Waals surface area contributed by atoms with Crippen molar-refractivity contribution >= 4 is 17.6 Å². The highest BCUT2D eigenvalue weighted by Crippen LogP contribution is 2.28. The minimum atomic E-state index is -0.655. The van der Waals surface area contributed by atoms with E-state index >= 15 is 0 Å². The van der Waals surface area contributed by atoms with Gasteiger partial charge in [-0.2, -0.15) is 4.68 Å². The molecule has 1 aliphatic rings. The second-order valence-electron chi connectivity index (χ2n) is 5.37. The van der Waals surface area contributed by atoms with Gasteiger partial charge in [0.2, 0.25) is 0 Å². The monoisotopic (exact) mass is 359 g/mol. The molecule has 10 heteroatoms. The number of aromatic nitrogens is 4. The number of ether oxygens (including phenoxy) is 3. The molecule has 3 rings (SSSR count). The Kier molecular flexibility index (Phi) is 4.94. The molecule has 1 aromatic heterocycles. The Hall–Kier alpha value is -3.27. The molecule has 0 amide bonds. The summed E-state index contributed by atoms with van der Waals surface area (Å²) < 4.78 is 16.6. The molecule has 0 saturated heterocycles. The van der Waals surface area contributed by atoms with Crippen LogP contribution >= 0.6 is 0 Å². The number of aryl methyl sites for hydroxylation is 1. The molecule has 0 radical (unpaired) electrons. The van der Waals surface area contributed by atoms with Crippen LogP contribution in [0.1, 0.15) is 5.82 Å². The fraction of sp³-hybridized carbons (Fsp3) is 0.312. The van der Waals surface area contributed by atoms with E-state index in [0.717, 1.165) is 0 Å². The van der Waals surface area contributed by atoms with Crippen molar-refractivity contribution in [1.29, 1.82) is 0 Å². The fourth-order valence-electron chi connectivity index (χ4n) is 2.61. The van der Waals surface area contributed by atoms with Crippen molar-refractivity contribution in [2.75, 3.05) is 32.5 Å². The smallest absolute Gasteiger partial charge is 0.355 e. The van der Waals surface area contributed by atoms with Crippen LogP contribution in [0.4, 0.5) is 5.69 Å². The van der Waals surface area contributed by atoms with E-state index in [1.807, 2.05) is 6.07 Å². The molecule has 0 atom stereocenters. The van der Waals surface area contributed by atoms with Gasteiger partial charge in [0.15, 0.2) is 5.82 Å². The SMILES string of the molecule is COC(=O)C1=C(C(=O)OC)N(c2cccc(-n3nnnc3C)c2)COC1. The summed E-state index contributed by atoms with van der Waals surface area (Å²) in [5, 5.41) is 11.4. The molecule has 26 heavy (non-hydrogen) atoms. The van der Waals surface area contributed by atoms with E-state index in [-0.39, 0.29) is 24.6 Å². The van der Waals surface area contributed by atoms with Crippen LogP contribution in [0, 0.1) is 6.92 Å². The van der Waals surface area contributed by atoms with E-state index < -0.39 is 11.9 Å². The number of rotatable bonds is 4. The maximum Gasteiger partial charge on any atom is 0.355 e. The standard InChI is InChI=1S/C16H17N5O5/c1-10-17-18-19-21(10)12-6-4-5-11(7-12)20-9-26-8-13(15(22)24-2)14(20)16(23)25-3/h4-7H,8-9H2,1-3H3. The Morgan fingerprint density at radius 3 is 2.54 bits per heavy atom. The molecule has 0 bridgehead atoms. The Balaban J connectivity index is 2.08. The molecule has 0 N–H and O–H groups in total. The number of methoxy groups -OCH3 is 2. The van der Waals surface area contributed by atoms with Crippen molar-refractivity contribution in [2.24, 2.45) is 0 Å². The molecule has 0 fully saturated rings. The summed E-state index contributed by atoms with van der Waals surface area (Å²) in [7, 11) is 2.49. The van der Waals surface area contributed by atoms with Crippen LogP contribution < -0.4 is 4.90 Å².